The van der Waals surface area contributed by atoms with Gasteiger partial charge in [0.25, 0.3) is 5.91 Å². The molecule has 0 radical (unpaired) electrons. The Morgan fingerprint density at radius 2 is 1.61 bits per heavy atom. The third-order valence-electron chi connectivity index (χ3n) is 4.41. The maximum atomic E-state index is 12.7. The molecule has 1 atom stereocenters. The van der Waals surface area contributed by atoms with Crippen molar-refractivity contribution in [1.82, 2.24) is 0 Å². The quantitative estimate of drug-likeness (QED) is 0.732. The van der Waals surface area contributed by atoms with Crippen molar-refractivity contribution in [3.05, 3.63) is 47.0 Å². The van der Waals surface area contributed by atoms with E-state index in [1.807, 2.05) is 32.0 Å². The summed E-state index contributed by atoms with van der Waals surface area (Å²) >= 11 is 0. The summed E-state index contributed by atoms with van der Waals surface area (Å²) < 4.78 is 21.1. The van der Waals surface area contributed by atoms with Crippen LogP contribution in [0.5, 0.6) is 17.2 Å². The molecule has 2 aromatic carbocycles. The van der Waals surface area contributed by atoms with Gasteiger partial charge in [-0.2, -0.15) is 0 Å². The minimum absolute atomic E-state index is 0.146. The molecule has 28 heavy (non-hydrogen) atoms. The van der Waals surface area contributed by atoms with Gasteiger partial charge in [0.15, 0.2) is 17.6 Å². The zero-order valence-corrected chi connectivity index (χ0v) is 16.9. The summed E-state index contributed by atoms with van der Waals surface area (Å²) in [6.07, 6.45) is -0.793. The van der Waals surface area contributed by atoms with Crippen LogP contribution in [0.3, 0.4) is 0 Å². The monoisotopic (exact) mass is 387 g/mol. The van der Waals surface area contributed by atoms with Crippen molar-refractivity contribution in [2.45, 2.75) is 26.9 Å². The number of methoxy groups -OCH3 is 3. The molecule has 0 saturated heterocycles. The number of esters is 1. The molecule has 7 heteroatoms. The number of rotatable bonds is 7. The molecular formula is C21H25NO6. The lowest BCUT2D eigenvalue weighted by Gasteiger charge is -2.19. The van der Waals surface area contributed by atoms with E-state index in [4.69, 9.17) is 18.9 Å². The van der Waals surface area contributed by atoms with Crippen LogP contribution < -0.4 is 19.5 Å². The number of carbonyl (C=O) groups is 2. The molecule has 1 amide bonds. The van der Waals surface area contributed by atoms with Gasteiger partial charge in [-0.25, -0.2) is 4.79 Å². The third kappa shape index (κ3) is 4.54. The predicted molar refractivity (Wildman–Crippen MR) is 106 cm³/mol. The van der Waals surface area contributed by atoms with Gasteiger partial charge < -0.3 is 24.3 Å². The van der Waals surface area contributed by atoms with Crippen LogP contribution in [-0.2, 0) is 9.53 Å². The van der Waals surface area contributed by atoms with E-state index in [1.165, 1.54) is 33.5 Å². The van der Waals surface area contributed by atoms with Gasteiger partial charge in [-0.3, -0.25) is 4.79 Å². The van der Waals surface area contributed by atoms with Gasteiger partial charge in [-0.05, 0) is 38.0 Å². The minimum Gasteiger partial charge on any atom is -0.493 e. The summed E-state index contributed by atoms with van der Waals surface area (Å²) in [4.78, 5) is 24.8. The average Bonchev–Trinajstić information content (AvgIpc) is 2.70. The SMILES string of the molecule is COC(=O)c1cc(OC)c(OC)cc1NC(=O)[C@H](C)Oc1cccc(C)c1C. The molecule has 0 aliphatic carbocycles. The molecule has 150 valence electrons. The normalized spacial score (nSPS) is 11.4. The Morgan fingerprint density at radius 1 is 0.964 bits per heavy atom. The van der Waals surface area contributed by atoms with E-state index in [9.17, 15) is 9.59 Å². The average molecular weight is 387 g/mol. The van der Waals surface area contributed by atoms with Crippen molar-refractivity contribution in [1.29, 1.82) is 0 Å². The van der Waals surface area contributed by atoms with Gasteiger partial charge >= 0.3 is 5.97 Å². The fourth-order valence-electron chi connectivity index (χ4n) is 2.59. The van der Waals surface area contributed by atoms with Crippen molar-refractivity contribution < 1.29 is 28.5 Å². The van der Waals surface area contributed by atoms with Crippen molar-refractivity contribution in [3.63, 3.8) is 0 Å². The van der Waals surface area contributed by atoms with Gasteiger partial charge in [-0.1, -0.05) is 12.1 Å². The molecule has 2 rings (SSSR count). The fraction of sp³-hybridized carbons (Fsp3) is 0.333. The topological polar surface area (TPSA) is 83.1 Å². The maximum absolute atomic E-state index is 12.7. The summed E-state index contributed by atoms with van der Waals surface area (Å²) in [6.45, 7) is 5.54. The number of carbonyl (C=O) groups excluding carboxylic acids is 2. The lowest BCUT2D eigenvalue weighted by atomic mass is 10.1. The van der Waals surface area contributed by atoms with Crippen molar-refractivity contribution in [2.24, 2.45) is 0 Å². The number of amides is 1. The molecule has 0 aliphatic heterocycles. The van der Waals surface area contributed by atoms with Crippen molar-refractivity contribution >= 4 is 17.6 Å². The smallest absolute Gasteiger partial charge is 0.340 e. The van der Waals surface area contributed by atoms with Crippen LogP contribution in [0.25, 0.3) is 0 Å². The van der Waals surface area contributed by atoms with Crippen LogP contribution in [-0.4, -0.2) is 39.3 Å². The van der Waals surface area contributed by atoms with Crippen LogP contribution in [0.4, 0.5) is 5.69 Å². The van der Waals surface area contributed by atoms with Crippen LogP contribution in [0.2, 0.25) is 0 Å². The van der Waals surface area contributed by atoms with E-state index in [2.05, 4.69) is 5.32 Å². The highest BCUT2D eigenvalue weighted by atomic mass is 16.5. The second-order valence-electron chi connectivity index (χ2n) is 6.19. The van der Waals surface area contributed by atoms with E-state index < -0.39 is 18.0 Å². The Balaban J connectivity index is 2.28. The lowest BCUT2D eigenvalue weighted by Crippen LogP contribution is -2.31. The predicted octanol–water partition coefficient (Wildman–Crippen LogP) is 3.51. The second kappa shape index (κ2) is 9.12. The second-order valence-corrected chi connectivity index (χ2v) is 6.19. The largest absolute Gasteiger partial charge is 0.493 e. The third-order valence-corrected chi connectivity index (χ3v) is 4.41. The molecule has 1 N–H and O–H groups in total. The van der Waals surface area contributed by atoms with Crippen LogP contribution >= 0.6 is 0 Å². The van der Waals surface area contributed by atoms with Gasteiger partial charge in [-0.15, -0.1) is 0 Å². The number of nitrogens with one attached hydrogen (secondary N) is 1. The molecule has 0 fully saturated rings. The molecule has 0 aliphatic rings. The first-order valence-corrected chi connectivity index (χ1v) is 8.70. The van der Waals surface area contributed by atoms with Crippen molar-refractivity contribution in [3.8, 4) is 17.2 Å². The van der Waals surface area contributed by atoms with Gasteiger partial charge in [0, 0.05) is 12.1 Å². The van der Waals surface area contributed by atoms with E-state index in [1.54, 1.807) is 6.92 Å². The van der Waals surface area contributed by atoms with Crippen LogP contribution in [0.1, 0.15) is 28.4 Å². The minimum atomic E-state index is -0.793. The van der Waals surface area contributed by atoms with Gasteiger partial charge in [0.1, 0.15) is 5.75 Å². The summed E-state index contributed by atoms with van der Waals surface area (Å²) in [6, 6.07) is 8.61. The van der Waals surface area contributed by atoms with Crippen molar-refractivity contribution in [2.75, 3.05) is 26.6 Å². The molecule has 7 nitrogen and oxygen atoms in total. The number of anilines is 1. The highest BCUT2D eigenvalue weighted by Gasteiger charge is 2.22. The summed E-state index contributed by atoms with van der Waals surface area (Å²) in [7, 11) is 4.18. The molecule has 0 aromatic heterocycles. The Labute approximate surface area is 164 Å². The fourth-order valence-corrected chi connectivity index (χ4v) is 2.59. The highest BCUT2D eigenvalue weighted by molar-refractivity contribution is 6.03. The number of benzene rings is 2. The Morgan fingerprint density at radius 3 is 2.21 bits per heavy atom. The molecule has 2 aromatic rings. The molecule has 0 saturated carbocycles. The summed E-state index contributed by atoms with van der Waals surface area (Å²) in [5.74, 6) is 0.315. The van der Waals surface area contributed by atoms with Gasteiger partial charge in [0.05, 0.1) is 32.6 Å². The molecular weight excluding hydrogens is 362 g/mol. The van der Waals surface area contributed by atoms with E-state index in [-0.39, 0.29) is 11.3 Å². The zero-order valence-electron chi connectivity index (χ0n) is 16.9. The Kier molecular flexibility index (Phi) is 6.87. The number of hydrogen-bond acceptors (Lipinski definition) is 6. The zero-order chi connectivity index (χ0) is 20.8. The lowest BCUT2D eigenvalue weighted by molar-refractivity contribution is -0.122. The first-order chi connectivity index (χ1) is 13.3. The van der Waals surface area contributed by atoms with E-state index in [0.29, 0.717) is 17.2 Å². The van der Waals surface area contributed by atoms with Gasteiger partial charge in [0.2, 0.25) is 0 Å². The first kappa shape index (κ1) is 21.1. The number of hydrogen-bond donors (Lipinski definition) is 1. The highest BCUT2D eigenvalue weighted by Crippen LogP contribution is 2.34. The van der Waals surface area contributed by atoms with E-state index >= 15 is 0 Å². The number of aryl methyl sites for hydroxylation is 1. The maximum Gasteiger partial charge on any atom is 0.340 e. The molecule has 0 heterocycles. The van der Waals surface area contributed by atoms with Crippen LogP contribution in [0, 0.1) is 13.8 Å². The number of ether oxygens (including phenoxy) is 4. The first-order valence-electron chi connectivity index (χ1n) is 8.70. The molecule has 0 unspecified atom stereocenters. The Hall–Kier alpha value is -3.22. The Bertz CT molecular complexity index is 877. The molecule has 0 bridgehead atoms. The molecule has 0 spiro atoms. The van der Waals surface area contributed by atoms with E-state index in [0.717, 1.165) is 11.1 Å². The summed E-state index contributed by atoms with van der Waals surface area (Å²) in [5, 5.41) is 2.71. The summed E-state index contributed by atoms with van der Waals surface area (Å²) in [5.41, 5.74) is 2.42. The standard InChI is InChI=1S/C21H25NO6/c1-12-8-7-9-17(13(12)2)28-14(3)20(23)22-16-11-19(26-5)18(25-4)10-15(16)21(24)27-6/h7-11,14H,1-6H3,(H,22,23)/t14-/m0/s1. The van der Waals surface area contributed by atoms with Crippen LogP contribution in [0.15, 0.2) is 30.3 Å².